The molecule has 0 bridgehead atoms. The second kappa shape index (κ2) is 9.02. The van der Waals surface area contributed by atoms with E-state index >= 15 is 0 Å². The molecule has 4 heteroatoms. The molecular weight excluding hydrogens is 496 g/mol. The lowest BCUT2D eigenvalue weighted by atomic mass is 9.83. The highest BCUT2D eigenvalue weighted by Crippen LogP contribution is 2.41. The van der Waals surface area contributed by atoms with Gasteiger partial charge in [0, 0.05) is 36.8 Å². The van der Waals surface area contributed by atoms with Crippen LogP contribution in [0.5, 0.6) is 0 Å². The SMILES string of the molecule is [2H]C([2H])(c1cnc(-c2cccc3c2oc2cc4nc(C(C)(C)C)sc4cc23)cc1-c1c(C)cccc1C)C(C)(C)C. The maximum atomic E-state index is 9.14. The zero-order valence-electron chi connectivity index (χ0n) is 26.0. The first-order valence-electron chi connectivity index (χ1n) is 14.5. The van der Waals surface area contributed by atoms with Gasteiger partial charge in [-0.1, -0.05) is 71.9 Å². The van der Waals surface area contributed by atoms with Gasteiger partial charge in [-0.25, -0.2) is 4.98 Å². The van der Waals surface area contributed by atoms with Gasteiger partial charge in [-0.05, 0) is 71.7 Å². The fraction of sp³-hybridized carbons (Fsp3) is 0.314. The molecule has 0 aliphatic carbocycles. The Morgan fingerprint density at radius 2 is 1.59 bits per heavy atom. The summed E-state index contributed by atoms with van der Waals surface area (Å²) in [4.78, 5) is 9.78. The van der Waals surface area contributed by atoms with Gasteiger partial charge >= 0.3 is 0 Å². The summed E-state index contributed by atoms with van der Waals surface area (Å²) in [6.07, 6.45) is 0.135. The van der Waals surface area contributed by atoms with Crippen LogP contribution in [0.1, 0.15) is 66.0 Å². The van der Waals surface area contributed by atoms with E-state index in [0.29, 0.717) is 5.56 Å². The Morgan fingerprint density at radius 1 is 0.872 bits per heavy atom. The molecule has 39 heavy (non-hydrogen) atoms. The van der Waals surface area contributed by atoms with Crippen molar-refractivity contribution in [1.29, 1.82) is 0 Å². The smallest absolute Gasteiger partial charge is 0.144 e. The predicted octanol–water partition coefficient (Wildman–Crippen LogP) is 10.4. The molecule has 0 unspecified atom stereocenters. The zero-order chi connectivity index (χ0) is 29.5. The van der Waals surface area contributed by atoms with E-state index in [0.717, 1.165) is 70.7 Å². The number of thiazole rings is 1. The number of aromatic nitrogens is 2. The van der Waals surface area contributed by atoms with E-state index in [1.54, 1.807) is 17.5 Å². The molecule has 0 atom stereocenters. The fourth-order valence-corrected chi connectivity index (χ4v) is 6.34. The number of pyridine rings is 1. The first kappa shape index (κ1) is 23.4. The van der Waals surface area contributed by atoms with E-state index in [4.69, 9.17) is 17.1 Å². The lowest BCUT2D eigenvalue weighted by Crippen LogP contribution is -2.11. The summed E-state index contributed by atoms with van der Waals surface area (Å²) in [6.45, 7) is 16.6. The molecule has 0 saturated carbocycles. The molecular formula is C35H36N2OS. The lowest BCUT2D eigenvalue weighted by Gasteiger charge is -2.22. The Hall–Kier alpha value is -3.50. The normalized spacial score (nSPS) is 13.8. The molecule has 3 aromatic heterocycles. The van der Waals surface area contributed by atoms with E-state index in [1.165, 1.54) is 0 Å². The molecule has 6 rings (SSSR count). The number of para-hydroxylation sites is 1. The second-order valence-electron chi connectivity index (χ2n) is 12.6. The number of benzene rings is 3. The molecule has 198 valence electrons. The maximum absolute atomic E-state index is 9.14. The van der Waals surface area contributed by atoms with Crippen molar-refractivity contribution in [3.05, 3.63) is 82.5 Å². The Labute approximate surface area is 237 Å². The summed E-state index contributed by atoms with van der Waals surface area (Å²) < 4.78 is 26.0. The fourth-order valence-electron chi connectivity index (χ4n) is 5.29. The average Bonchev–Trinajstić information content (AvgIpc) is 3.47. The van der Waals surface area contributed by atoms with E-state index in [2.05, 4.69) is 65.0 Å². The number of fused-ring (bicyclic) bond motifs is 4. The Kier molecular flexibility index (Phi) is 5.41. The first-order valence-corrected chi connectivity index (χ1v) is 14.3. The van der Waals surface area contributed by atoms with Gasteiger partial charge in [0.2, 0.25) is 0 Å². The molecule has 0 fully saturated rings. The van der Waals surface area contributed by atoms with Crippen LogP contribution >= 0.6 is 11.3 Å². The number of hydrogen-bond donors (Lipinski definition) is 0. The van der Waals surface area contributed by atoms with Crippen LogP contribution in [0.25, 0.3) is 54.5 Å². The molecule has 0 N–H and O–H groups in total. The molecule has 0 aliphatic rings. The van der Waals surface area contributed by atoms with Crippen LogP contribution in [0.4, 0.5) is 0 Å². The van der Waals surface area contributed by atoms with Crippen molar-refractivity contribution < 1.29 is 7.16 Å². The minimum atomic E-state index is -1.60. The van der Waals surface area contributed by atoms with E-state index in [1.807, 2.05) is 45.0 Å². The summed E-state index contributed by atoms with van der Waals surface area (Å²) in [7, 11) is 0. The highest BCUT2D eigenvalue weighted by molar-refractivity contribution is 7.18. The highest BCUT2D eigenvalue weighted by atomic mass is 32.1. The first-order chi connectivity index (χ1) is 19.2. The van der Waals surface area contributed by atoms with Gasteiger partial charge in [0.05, 0.1) is 20.9 Å². The maximum Gasteiger partial charge on any atom is 0.144 e. The third-order valence-corrected chi connectivity index (χ3v) is 8.53. The van der Waals surface area contributed by atoms with E-state index in [-0.39, 0.29) is 5.41 Å². The number of aryl methyl sites for hydroxylation is 2. The zero-order valence-corrected chi connectivity index (χ0v) is 24.8. The van der Waals surface area contributed by atoms with E-state index < -0.39 is 11.8 Å². The number of nitrogens with zero attached hydrogens (tertiary/aromatic N) is 2. The molecule has 3 aromatic carbocycles. The molecule has 3 heterocycles. The van der Waals surface area contributed by atoms with Crippen molar-refractivity contribution in [2.24, 2.45) is 5.41 Å². The quantitative estimate of drug-likeness (QED) is 0.227. The largest absolute Gasteiger partial charge is 0.455 e. The van der Waals surface area contributed by atoms with Gasteiger partial charge in [0.15, 0.2) is 0 Å². The van der Waals surface area contributed by atoms with Gasteiger partial charge in [-0.15, -0.1) is 11.3 Å². The summed E-state index contributed by atoms with van der Waals surface area (Å²) in [6, 6.07) is 18.7. The van der Waals surface area contributed by atoms with Crippen LogP contribution in [-0.2, 0) is 11.8 Å². The van der Waals surface area contributed by atoms with Crippen LogP contribution in [-0.4, -0.2) is 9.97 Å². The second-order valence-corrected chi connectivity index (χ2v) is 13.7. The van der Waals surface area contributed by atoms with Gasteiger partial charge in [-0.3, -0.25) is 4.98 Å². The van der Waals surface area contributed by atoms with Crippen LogP contribution in [0.2, 0.25) is 0 Å². The minimum absolute atomic E-state index is 0.00621. The lowest BCUT2D eigenvalue weighted by molar-refractivity contribution is 0.411. The number of furan rings is 1. The standard InChI is InChI=1S/C35H36N2OS/c1-20-11-9-12-21(2)31(20)25-15-27(36-19-22(25)18-34(3,4)5)24-14-10-13-23-26-16-30-28(17-29(26)38-32(23)24)37-33(39-30)35(6,7)8/h9-17,19H,18H2,1-8H3/i18D2. The summed E-state index contributed by atoms with van der Waals surface area (Å²) in [5.74, 6) is 0. The van der Waals surface area contributed by atoms with Gasteiger partial charge in [-0.2, -0.15) is 0 Å². The van der Waals surface area contributed by atoms with Gasteiger partial charge < -0.3 is 4.42 Å². The Balaban J connectivity index is 1.59. The number of rotatable bonds is 3. The highest BCUT2D eigenvalue weighted by Gasteiger charge is 2.22. The van der Waals surface area contributed by atoms with Crippen molar-refractivity contribution in [3.63, 3.8) is 0 Å². The topological polar surface area (TPSA) is 38.9 Å². The van der Waals surface area contributed by atoms with E-state index in [9.17, 15) is 0 Å². The summed E-state index contributed by atoms with van der Waals surface area (Å²) in [5, 5.41) is 3.22. The van der Waals surface area contributed by atoms with Crippen LogP contribution in [0.3, 0.4) is 0 Å². The third kappa shape index (κ3) is 4.65. The Bertz CT molecular complexity index is 1950. The molecule has 0 amide bonds. The molecule has 3 nitrogen and oxygen atoms in total. The average molecular weight is 535 g/mol. The monoisotopic (exact) mass is 534 g/mol. The molecule has 0 spiro atoms. The van der Waals surface area contributed by atoms with Crippen molar-refractivity contribution in [1.82, 2.24) is 9.97 Å². The van der Waals surface area contributed by atoms with Crippen molar-refractivity contribution in [3.8, 4) is 22.4 Å². The van der Waals surface area contributed by atoms with Crippen molar-refractivity contribution in [2.75, 3.05) is 0 Å². The van der Waals surface area contributed by atoms with Crippen molar-refractivity contribution >= 4 is 43.5 Å². The van der Waals surface area contributed by atoms with Crippen LogP contribution < -0.4 is 0 Å². The van der Waals surface area contributed by atoms with Crippen LogP contribution in [0.15, 0.2) is 65.2 Å². The van der Waals surface area contributed by atoms with Crippen molar-refractivity contribution in [2.45, 2.75) is 67.2 Å². The molecule has 6 aromatic rings. The van der Waals surface area contributed by atoms with Gasteiger partial charge in [0.1, 0.15) is 11.2 Å². The summed E-state index contributed by atoms with van der Waals surface area (Å²) in [5.41, 5.74) is 8.31. The summed E-state index contributed by atoms with van der Waals surface area (Å²) >= 11 is 1.74. The predicted molar refractivity (Wildman–Crippen MR) is 167 cm³/mol. The van der Waals surface area contributed by atoms with Gasteiger partial charge in [0.25, 0.3) is 0 Å². The molecule has 0 saturated heterocycles. The van der Waals surface area contributed by atoms with Crippen LogP contribution in [0, 0.1) is 19.3 Å². The third-order valence-electron chi connectivity index (χ3n) is 7.09. The minimum Gasteiger partial charge on any atom is -0.455 e. The number of hydrogen-bond acceptors (Lipinski definition) is 4. The molecule has 0 aliphatic heterocycles. The molecule has 0 radical (unpaired) electrons. The Morgan fingerprint density at radius 3 is 2.28 bits per heavy atom.